The zero-order chi connectivity index (χ0) is 17.1. The first kappa shape index (κ1) is 16.4. The largest absolute Gasteiger partial charge is 0.492 e. The molecule has 0 fully saturated rings. The predicted molar refractivity (Wildman–Crippen MR) is 97.3 cm³/mol. The van der Waals surface area contributed by atoms with Crippen LogP contribution in [0.2, 0.25) is 0 Å². The highest BCUT2D eigenvalue weighted by molar-refractivity contribution is 5.75. The van der Waals surface area contributed by atoms with E-state index in [1.54, 1.807) is 0 Å². The minimum absolute atomic E-state index is 0.502. The van der Waals surface area contributed by atoms with Crippen LogP contribution in [0.25, 0.3) is 11.0 Å². The van der Waals surface area contributed by atoms with Crippen molar-refractivity contribution in [2.45, 2.75) is 33.9 Å². The van der Waals surface area contributed by atoms with Gasteiger partial charge in [0, 0.05) is 6.54 Å². The van der Waals surface area contributed by atoms with Gasteiger partial charge in [0.2, 0.25) is 5.62 Å². The minimum atomic E-state index is 0.502. The Hall–Kier alpha value is -2.49. The molecule has 0 aliphatic rings. The summed E-state index contributed by atoms with van der Waals surface area (Å²) in [7, 11) is 0. The second kappa shape index (κ2) is 6.95. The third-order valence-corrected chi connectivity index (χ3v) is 4.13. The lowest BCUT2D eigenvalue weighted by Crippen LogP contribution is -2.27. The summed E-state index contributed by atoms with van der Waals surface area (Å²) in [6.45, 7) is 8.49. The third-order valence-electron chi connectivity index (χ3n) is 4.13. The molecule has 24 heavy (non-hydrogen) atoms. The second-order valence-electron chi connectivity index (χ2n) is 6.63. The molecule has 0 radical (unpaired) electrons. The van der Waals surface area contributed by atoms with Gasteiger partial charge >= 0.3 is 0 Å². The Morgan fingerprint density at radius 2 is 1.58 bits per heavy atom. The fourth-order valence-corrected chi connectivity index (χ4v) is 2.96. The van der Waals surface area contributed by atoms with Gasteiger partial charge in [-0.2, -0.15) is 0 Å². The van der Waals surface area contributed by atoms with Crippen molar-refractivity contribution in [2.75, 3.05) is 6.61 Å². The number of hydrogen-bond donors (Lipinski definition) is 1. The maximum Gasteiger partial charge on any atom is 0.203 e. The van der Waals surface area contributed by atoms with E-state index in [0.717, 1.165) is 23.3 Å². The normalized spacial score (nSPS) is 11.3. The highest BCUT2D eigenvalue weighted by atomic mass is 16.5. The van der Waals surface area contributed by atoms with Crippen molar-refractivity contribution in [3.63, 3.8) is 0 Å². The molecule has 0 aliphatic carbocycles. The van der Waals surface area contributed by atoms with Crippen LogP contribution in [0.4, 0.5) is 0 Å². The third kappa shape index (κ3) is 3.37. The first-order chi connectivity index (χ1) is 11.6. The topological polar surface area (TPSA) is 42.9 Å². The van der Waals surface area contributed by atoms with Crippen molar-refractivity contribution in [1.29, 1.82) is 5.41 Å². The van der Waals surface area contributed by atoms with Gasteiger partial charge in [0.1, 0.15) is 12.4 Å². The number of para-hydroxylation sites is 2. The number of aromatic nitrogens is 2. The smallest absolute Gasteiger partial charge is 0.203 e. The molecule has 0 atom stereocenters. The summed E-state index contributed by atoms with van der Waals surface area (Å²) in [4.78, 5) is 0. The lowest BCUT2D eigenvalue weighted by Gasteiger charge is -2.09. The first-order valence-electron chi connectivity index (χ1n) is 8.48. The Morgan fingerprint density at radius 1 is 0.958 bits per heavy atom. The summed E-state index contributed by atoms with van der Waals surface area (Å²) >= 11 is 0. The Balaban J connectivity index is 1.82. The van der Waals surface area contributed by atoms with E-state index in [2.05, 4.69) is 37.5 Å². The molecule has 0 aliphatic heterocycles. The van der Waals surface area contributed by atoms with Crippen LogP contribution in [0.5, 0.6) is 5.75 Å². The molecule has 4 nitrogen and oxygen atoms in total. The van der Waals surface area contributed by atoms with E-state index in [-0.39, 0.29) is 0 Å². The van der Waals surface area contributed by atoms with Crippen LogP contribution in [0, 0.1) is 18.3 Å². The van der Waals surface area contributed by atoms with Crippen LogP contribution in [0.15, 0.2) is 48.5 Å². The Bertz CT molecular complexity index is 872. The molecule has 3 rings (SSSR count). The number of nitrogens with zero attached hydrogens (tertiary/aromatic N) is 2. The average molecular weight is 323 g/mol. The van der Waals surface area contributed by atoms with E-state index in [9.17, 15) is 0 Å². The van der Waals surface area contributed by atoms with Gasteiger partial charge in [-0.15, -0.1) is 0 Å². The number of aryl methyl sites for hydroxylation is 1. The molecule has 1 heterocycles. The van der Waals surface area contributed by atoms with E-state index in [4.69, 9.17) is 10.1 Å². The van der Waals surface area contributed by atoms with Crippen LogP contribution < -0.4 is 10.4 Å². The monoisotopic (exact) mass is 323 g/mol. The number of ether oxygens (including phenoxy) is 1. The van der Waals surface area contributed by atoms with Gasteiger partial charge in [0.05, 0.1) is 17.6 Å². The van der Waals surface area contributed by atoms with Crippen molar-refractivity contribution in [2.24, 2.45) is 5.92 Å². The fourth-order valence-electron chi connectivity index (χ4n) is 2.96. The molecule has 0 saturated carbocycles. The van der Waals surface area contributed by atoms with E-state index in [1.807, 2.05) is 41.0 Å². The minimum Gasteiger partial charge on any atom is -0.492 e. The van der Waals surface area contributed by atoms with Crippen LogP contribution in [0.1, 0.15) is 19.4 Å². The van der Waals surface area contributed by atoms with Crippen molar-refractivity contribution >= 4 is 11.0 Å². The maximum atomic E-state index is 8.55. The van der Waals surface area contributed by atoms with Gasteiger partial charge in [-0.25, -0.2) is 0 Å². The summed E-state index contributed by atoms with van der Waals surface area (Å²) in [5, 5.41) is 8.55. The van der Waals surface area contributed by atoms with Gasteiger partial charge in [-0.1, -0.05) is 43.7 Å². The SMILES string of the molecule is Cc1ccc(OCCn2c(=N)n(CC(C)C)c3ccccc32)cc1. The Labute approximate surface area is 142 Å². The van der Waals surface area contributed by atoms with Crippen molar-refractivity contribution < 1.29 is 4.74 Å². The molecule has 1 N–H and O–H groups in total. The molecule has 4 heteroatoms. The fraction of sp³-hybridized carbons (Fsp3) is 0.350. The van der Waals surface area contributed by atoms with E-state index in [1.165, 1.54) is 5.56 Å². The van der Waals surface area contributed by atoms with Crippen molar-refractivity contribution in [1.82, 2.24) is 9.13 Å². The van der Waals surface area contributed by atoms with Crippen LogP contribution >= 0.6 is 0 Å². The number of fused-ring (bicyclic) bond motifs is 1. The summed E-state index contributed by atoms with van der Waals surface area (Å²) in [6.07, 6.45) is 0. The number of benzene rings is 2. The maximum absolute atomic E-state index is 8.55. The molecule has 0 amide bonds. The lowest BCUT2D eigenvalue weighted by molar-refractivity contribution is 0.296. The van der Waals surface area contributed by atoms with Gasteiger partial charge in [0.15, 0.2) is 0 Å². The van der Waals surface area contributed by atoms with E-state index >= 15 is 0 Å². The molecule has 0 unspecified atom stereocenters. The van der Waals surface area contributed by atoms with Gasteiger partial charge in [-0.05, 0) is 37.1 Å². The van der Waals surface area contributed by atoms with Crippen LogP contribution in [-0.2, 0) is 13.1 Å². The number of rotatable bonds is 6. The standard InChI is InChI=1S/C20H25N3O/c1-15(2)14-23-19-7-5-4-6-18(19)22(20(23)21)12-13-24-17-10-8-16(3)9-11-17/h4-11,15,21H,12-14H2,1-3H3. The molecule has 0 spiro atoms. The molecule has 1 aromatic heterocycles. The zero-order valence-corrected chi connectivity index (χ0v) is 14.6. The number of imidazole rings is 1. The summed E-state index contributed by atoms with van der Waals surface area (Å²) < 4.78 is 9.97. The quantitative estimate of drug-likeness (QED) is 0.733. The average Bonchev–Trinajstić information content (AvgIpc) is 2.82. The van der Waals surface area contributed by atoms with Crippen LogP contribution in [0.3, 0.4) is 0 Å². The molecule has 0 saturated heterocycles. The number of nitrogens with one attached hydrogen (secondary N) is 1. The van der Waals surface area contributed by atoms with Crippen LogP contribution in [-0.4, -0.2) is 15.7 Å². The molecule has 2 aromatic carbocycles. The van der Waals surface area contributed by atoms with Gasteiger partial charge in [-0.3, -0.25) is 5.41 Å². The Morgan fingerprint density at radius 3 is 2.21 bits per heavy atom. The lowest BCUT2D eigenvalue weighted by atomic mass is 10.2. The molecule has 0 bridgehead atoms. The van der Waals surface area contributed by atoms with Gasteiger partial charge in [0.25, 0.3) is 0 Å². The van der Waals surface area contributed by atoms with Crippen molar-refractivity contribution in [3.8, 4) is 5.75 Å². The summed E-state index contributed by atoms with van der Waals surface area (Å²) in [6, 6.07) is 16.3. The second-order valence-corrected chi connectivity index (χ2v) is 6.63. The summed E-state index contributed by atoms with van der Waals surface area (Å²) in [5.41, 5.74) is 3.97. The Kier molecular flexibility index (Phi) is 4.74. The predicted octanol–water partition coefficient (Wildman–Crippen LogP) is 3.97. The molecular formula is C20H25N3O. The molecule has 126 valence electrons. The summed E-state index contributed by atoms with van der Waals surface area (Å²) in [5.74, 6) is 1.38. The molecule has 3 aromatic rings. The molecular weight excluding hydrogens is 298 g/mol. The van der Waals surface area contributed by atoms with E-state index < -0.39 is 0 Å². The first-order valence-corrected chi connectivity index (χ1v) is 8.48. The van der Waals surface area contributed by atoms with Crippen molar-refractivity contribution in [3.05, 3.63) is 59.7 Å². The van der Waals surface area contributed by atoms with E-state index in [0.29, 0.717) is 24.7 Å². The highest BCUT2D eigenvalue weighted by Gasteiger charge is 2.11. The number of hydrogen-bond acceptors (Lipinski definition) is 2. The zero-order valence-electron chi connectivity index (χ0n) is 14.6. The highest BCUT2D eigenvalue weighted by Crippen LogP contribution is 2.15. The van der Waals surface area contributed by atoms with Gasteiger partial charge < -0.3 is 13.9 Å².